The van der Waals surface area contributed by atoms with Crippen molar-refractivity contribution in [1.29, 1.82) is 0 Å². The first kappa shape index (κ1) is 13.3. The van der Waals surface area contributed by atoms with Gasteiger partial charge in [0.25, 0.3) is 5.91 Å². The summed E-state index contributed by atoms with van der Waals surface area (Å²) in [7, 11) is 0. The number of rotatable bonds is 3. The molecular formula is C12H7BrN4OS2. The highest BCUT2D eigenvalue weighted by Crippen LogP contribution is 2.33. The first-order valence-electron chi connectivity index (χ1n) is 5.51. The summed E-state index contributed by atoms with van der Waals surface area (Å²) in [5.74, 6) is -0.314. The Balaban J connectivity index is 1.76. The van der Waals surface area contributed by atoms with Gasteiger partial charge in [0.15, 0.2) is 5.13 Å². The number of thiazole rings is 1. The standard InChI is InChI=1S/C12H7BrN4OS2/c13-10-2-1-9(20-10)8-6-19-12(16-8)17-11(18)7-5-14-3-4-15-7/h1-6H,(H,16,17,18). The largest absolute Gasteiger partial charge is 0.296 e. The number of carbonyl (C=O) groups excluding carboxylic acids is 1. The number of halogens is 1. The van der Waals surface area contributed by atoms with E-state index in [4.69, 9.17) is 0 Å². The number of carbonyl (C=O) groups is 1. The van der Waals surface area contributed by atoms with E-state index in [2.05, 4.69) is 36.2 Å². The molecule has 1 N–H and O–H groups in total. The van der Waals surface area contributed by atoms with E-state index >= 15 is 0 Å². The molecule has 3 heterocycles. The molecule has 0 aliphatic carbocycles. The number of hydrogen-bond acceptors (Lipinski definition) is 6. The molecule has 3 aromatic heterocycles. The molecule has 0 atom stereocenters. The minimum absolute atomic E-state index is 0.267. The molecule has 3 rings (SSSR count). The van der Waals surface area contributed by atoms with Crippen LogP contribution in [0.2, 0.25) is 0 Å². The van der Waals surface area contributed by atoms with Crippen molar-refractivity contribution in [2.24, 2.45) is 0 Å². The molecular weight excluding hydrogens is 360 g/mol. The van der Waals surface area contributed by atoms with Crippen LogP contribution in [0.1, 0.15) is 10.5 Å². The van der Waals surface area contributed by atoms with Crippen molar-refractivity contribution in [3.63, 3.8) is 0 Å². The van der Waals surface area contributed by atoms with E-state index in [9.17, 15) is 4.79 Å². The minimum atomic E-state index is -0.314. The zero-order valence-corrected chi connectivity index (χ0v) is 13.1. The van der Waals surface area contributed by atoms with Crippen LogP contribution in [0.25, 0.3) is 10.6 Å². The van der Waals surface area contributed by atoms with Gasteiger partial charge in [0.05, 0.1) is 20.6 Å². The molecule has 5 nitrogen and oxygen atoms in total. The first-order valence-corrected chi connectivity index (χ1v) is 8.00. The number of nitrogens with one attached hydrogen (secondary N) is 1. The number of hydrogen-bond donors (Lipinski definition) is 1. The van der Waals surface area contributed by atoms with Crippen LogP contribution in [0.5, 0.6) is 0 Å². The summed E-state index contributed by atoms with van der Waals surface area (Å²) < 4.78 is 1.05. The van der Waals surface area contributed by atoms with E-state index in [0.717, 1.165) is 14.4 Å². The van der Waals surface area contributed by atoms with Crippen molar-refractivity contribution >= 4 is 49.6 Å². The van der Waals surface area contributed by atoms with Crippen LogP contribution >= 0.6 is 38.6 Å². The molecule has 3 aromatic rings. The van der Waals surface area contributed by atoms with Gasteiger partial charge in [-0.25, -0.2) is 9.97 Å². The fraction of sp³-hybridized carbons (Fsp3) is 0. The van der Waals surface area contributed by atoms with Gasteiger partial charge in [-0.2, -0.15) is 0 Å². The van der Waals surface area contributed by atoms with E-state index < -0.39 is 0 Å². The van der Waals surface area contributed by atoms with E-state index in [0.29, 0.717) is 5.13 Å². The van der Waals surface area contributed by atoms with Gasteiger partial charge in [-0.3, -0.25) is 15.1 Å². The van der Waals surface area contributed by atoms with Crippen LogP contribution in [0.4, 0.5) is 5.13 Å². The molecule has 8 heteroatoms. The second kappa shape index (κ2) is 5.78. The van der Waals surface area contributed by atoms with Gasteiger partial charge >= 0.3 is 0 Å². The Bertz CT molecular complexity index is 741. The van der Waals surface area contributed by atoms with Gasteiger partial charge < -0.3 is 0 Å². The highest BCUT2D eigenvalue weighted by Gasteiger charge is 2.11. The maximum absolute atomic E-state index is 11.9. The first-order chi connectivity index (χ1) is 9.72. The Hall–Kier alpha value is -1.64. The molecule has 0 aromatic carbocycles. The van der Waals surface area contributed by atoms with Gasteiger partial charge in [-0.05, 0) is 28.1 Å². The normalized spacial score (nSPS) is 10.4. The van der Waals surface area contributed by atoms with E-state index in [-0.39, 0.29) is 11.6 Å². The van der Waals surface area contributed by atoms with Crippen molar-refractivity contribution in [3.8, 4) is 10.6 Å². The monoisotopic (exact) mass is 366 g/mol. The smallest absolute Gasteiger partial charge is 0.277 e. The predicted molar refractivity (Wildman–Crippen MR) is 83.1 cm³/mol. The van der Waals surface area contributed by atoms with Crippen LogP contribution in [-0.4, -0.2) is 20.9 Å². The lowest BCUT2D eigenvalue weighted by Crippen LogP contribution is -2.13. The number of aromatic nitrogens is 3. The van der Waals surface area contributed by atoms with E-state index in [1.165, 1.54) is 29.9 Å². The zero-order chi connectivity index (χ0) is 13.9. The number of anilines is 1. The SMILES string of the molecule is O=C(Nc1nc(-c2ccc(Br)s2)cs1)c1cnccn1. The van der Waals surface area contributed by atoms with Crippen LogP contribution < -0.4 is 5.32 Å². The summed E-state index contributed by atoms with van der Waals surface area (Å²) in [6, 6.07) is 3.95. The molecule has 1 amide bonds. The maximum Gasteiger partial charge on any atom is 0.277 e. The molecule has 0 unspecified atom stereocenters. The molecule has 0 aliphatic rings. The van der Waals surface area contributed by atoms with Crippen LogP contribution in [0.15, 0.2) is 39.9 Å². The Morgan fingerprint density at radius 2 is 2.20 bits per heavy atom. The Kier molecular flexibility index (Phi) is 3.86. The lowest BCUT2D eigenvalue weighted by Gasteiger charge is -1.99. The highest BCUT2D eigenvalue weighted by molar-refractivity contribution is 9.11. The lowest BCUT2D eigenvalue weighted by molar-refractivity contribution is 0.102. The Labute approximate surface area is 130 Å². The highest BCUT2D eigenvalue weighted by atomic mass is 79.9. The van der Waals surface area contributed by atoms with E-state index in [1.54, 1.807) is 11.3 Å². The lowest BCUT2D eigenvalue weighted by atomic mass is 10.4. The zero-order valence-electron chi connectivity index (χ0n) is 9.91. The third-order valence-corrected chi connectivity index (χ3v) is 4.75. The summed E-state index contributed by atoms with van der Waals surface area (Å²) in [4.78, 5) is 25.1. The average Bonchev–Trinajstić information content (AvgIpc) is 3.09. The molecule has 20 heavy (non-hydrogen) atoms. The predicted octanol–water partition coefficient (Wildman–Crippen LogP) is 3.68. The van der Waals surface area contributed by atoms with Crippen molar-refractivity contribution < 1.29 is 4.79 Å². The Morgan fingerprint density at radius 3 is 2.90 bits per heavy atom. The Morgan fingerprint density at radius 1 is 1.30 bits per heavy atom. The summed E-state index contributed by atoms with van der Waals surface area (Å²) >= 11 is 6.39. The van der Waals surface area contributed by atoms with Crippen LogP contribution in [-0.2, 0) is 0 Å². The summed E-state index contributed by atoms with van der Waals surface area (Å²) in [5.41, 5.74) is 1.11. The minimum Gasteiger partial charge on any atom is -0.296 e. The summed E-state index contributed by atoms with van der Waals surface area (Å²) in [6.07, 6.45) is 4.42. The van der Waals surface area contributed by atoms with Crippen LogP contribution in [0, 0.1) is 0 Å². The molecule has 0 saturated carbocycles. The molecule has 0 bridgehead atoms. The average molecular weight is 367 g/mol. The fourth-order valence-electron chi connectivity index (χ4n) is 1.47. The van der Waals surface area contributed by atoms with Gasteiger partial charge in [0.1, 0.15) is 5.69 Å². The molecule has 100 valence electrons. The molecule has 0 saturated heterocycles. The fourth-order valence-corrected chi connectivity index (χ4v) is 3.60. The van der Waals surface area contributed by atoms with Gasteiger partial charge in [-0.1, -0.05) is 0 Å². The summed E-state index contributed by atoms with van der Waals surface area (Å²) in [6.45, 7) is 0. The van der Waals surface area contributed by atoms with E-state index in [1.807, 2.05) is 17.5 Å². The van der Waals surface area contributed by atoms with Crippen molar-refractivity contribution in [1.82, 2.24) is 15.0 Å². The maximum atomic E-state index is 11.9. The molecule has 0 aliphatic heterocycles. The van der Waals surface area contributed by atoms with Gasteiger partial charge in [0.2, 0.25) is 0 Å². The molecule has 0 fully saturated rings. The number of nitrogens with zero attached hydrogens (tertiary/aromatic N) is 3. The third kappa shape index (κ3) is 2.92. The molecule has 0 radical (unpaired) electrons. The van der Waals surface area contributed by atoms with Crippen molar-refractivity contribution in [2.75, 3.05) is 5.32 Å². The topological polar surface area (TPSA) is 67.8 Å². The van der Waals surface area contributed by atoms with Crippen LogP contribution in [0.3, 0.4) is 0 Å². The van der Waals surface area contributed by atoms with Gasteiger partial charge in [0, 0.05) is 17.8 Å². The second-order valence-electron chi connectivity index (χ2n) is 3.69. The quantitative estimate of drug-likeness (QED) is 0.767. The number of thiophene rings is 1. The third-order valence-electron chi connectivity index (χ3n) is 2.35. The van der Waals surface area contributed by atoms with Crippen molar-refractivity contribution in [3.05, 3.63) is 45.6 Å². The summed E-state index contributed by atoms with van der Waals surface area (Å²) in [5, 5.41) is 5.16. The molecule has 0 spiro atoms. The van der Waals surface area contributed by atoms with Gasteiger partial charge in [-0.15, -0.1) is 22.7 Å². The second-order valence-corrected chi connectivity index (χ2v) is 7.01. The van der Waals surface area contributed by atoms with Crippen molar-refractivity contribution in [2.45, 2.75) is 0 Å². The number of amides is 1.